The molecule has 1 aliphatic rings. The van der Waals surface area contributed by atoms with E-state index in [-0.39, 0.29) is 12.2 Å². The summed E-state index contributed by atoms with van der Waals surface area (Å²) in [6.45, 7) is 1.06. The molecule has 6 N–H and O–H groups in total. The summed E-state index contributed by atoms with van der Waals surface area (Å²) in [6.07, 6.45) is 8.45. The van der Waals surface area contributed by atoms with E-state index in [4.69, 9.17) is 9.47 Å². The predicted octanol–water partition coefficient (Wildman–Crippen LogP) is 4.76. The predicted molar refractivity (Wildman–Crippen MR) is 199 cm³/mol. The van der Waals surface area contributed by atoms with Crippen LogP contribution in [0.1, 0.15) is 63.3 Å². The number of carbonyl (C=O) groups excluding carboxylic acids is 1. The van der Waals surface area contributed by atoms with Gasteiger partial charge in [-0.15, -0.1) is 0 Å². The van der Waals surface area contributed by atoms with Gasteiger partial charge in [-0.05, 0) is 84.6 Å². The fourth-order valence-electron chi connectivity index (χ4n) is 6.53. The Hall–Kier alpha value is -5.63. The summed E-state index contributed by atoms with van der Waals surface area (Å²) >= 11 is 0. The van der Waals surface area contributed by atoms with Crippen molar-refractivity contribution < 1.29 is 44.3 Å². The van der Waals surface area contributed by atoms with E-state index in [2.05, 4.69) is 38.8 Å². The van der Waals surface area contributed by atoms with Crippen LogP contribution in [0, 0.1) is 12.8 Å². The Kier molecular flexibility index (Phi) is 12.9. The average molecular weight is 725 g/mol. The summed E-state index contributed by atoms with van der Waals surface area (Å²) < 4.78 is 11.1. The summed E-state index contributed by atoms with van der Waals surface area (Å²) in [5.74, 6) is -2.38. The number of anilines is 1. The number of aliphatic carboxylic acids is 2. The quantitative estimate of drug-likeness (QED) is 0.0874. The Bertz CT molecular complexity index is 2010. The first kappa shape index (κ1) is 38.6. The third-order valence-electron chi connectivity index (χ3n) is 9.53. The smallest absolute Gasteiger partial charge is 0.323 e. The van der Waals surface area contributed by atoms with Gasteiger partial charge in [0.15, 0.2) is 0 Å². The van der Waals surface area contributed by atoms with Crippen LogP contribution in [-0.4, -0.2) is 81.7 Å². The Morgan fingerprint density at radius 2 is 1.57 bits per heavy atom. The number of allylic oxidation sites excluding steroid dienone is 1. The number of ether oxygens (including phenoxy) is 2. The molecule has 1 aliphatic carbocycles. The van der Waals surface area contributed by atoms with E-state index in [1.807, 2.05) is 37.3 Å². The number of nitrogens with zero attached hydrogens (tertiary/aromatic N) is 2. The van der Waals surface area contributed by atoms with Gasteiger partial charge in [0.05, 0.1) is 39.0 Å². The van der Waals surface area contributed by atoms with Crippen LogP contribution in [0.25, 0.3) is 22.8 Å². The second-order valence-corrected chi connectivity index (χ2v) is 12.8. The maximum absolute atomic E-state index is 13.4. The largest absolute Gasteiger partial charge is 0.496 e. The molecule has 13 heteroatoms. The van der Waals surface area contributed by atoms with Gasteiger partial charge < -0.3 is 35.2 Å². The van der Waals surface area contributed by atoms with Gasteiger partial charge >= 0.3 is 11.9 Å². The normalized spacial score (nSPS) is 14.0. The highest BCUT2D eigenvalue weighted by Gasteiger charge is 2.23. The number of fused-ring (bicyclic) bond motifs is 1. The average Bonchev–Trinajstić information content (AvgIpc) is 3.57. The summed E-state index contributed by atoms with van der Waals surface area (Å²) in [6, 6.07) is 14.2. The third kappa shape index (κ3) is 9.06. The Balaban J connectivity index is 1.33. The fourth-order valence-corrected chi connectivity index (χ4v) is 6.53. The van der Waals surface area contributed by atoms with Crippen molar-refractivity contribution in [2.24, 2.45) is 5.92 Å². The first-order chi connectivity index (χ1) is 25.6. The summed E-state index contributed by atoms with van der Waals surface area (Å²) in [5.41, 5.74) is 9.33. The lowest BCUT2D eigenvalue weighted by Crippen LogP contribution is -2.39. The van der Waals surface area contributed by atoms with Gasteiger partial charge in [-0.2, -0.15) is 0 Å². The van der Waals surface area contributed by atoms with Gasteiger partial charge in [-0.3, -0.25) is 29.7 Å². The summed E-state index contributed by atoms with van der Waals surface area (Å²) in [5, 5.41) is 42.7. The minimum atomic E-state index is -1.19. The number of carbonyl (C=O) groups is 3. The highest BCUT2D eigenvalue weighted by atomic mass is 16.5. The molecular weight excluding hydrogens is 680 g/mol. The number of nitrogens with one attached hydrogen (secondary N) is 2. The molecule has 13 nitrogen and oxygen atoms in total. The number of aliphatic hydroxyl groups excluding tert-OH is 2. The molecule has 0 radical (unpaired) electrons. The van der Waals surface area contributed by atoms with Crippen LogP contribution in [0.2, 0.25) is 0 Å². The molecular formula is C40H44N4O9. The van der Waals surface area contributed by atoms with Crippen LogP contribution in [0.15, 0.2) is 60.9 Å². The van der Waals surface area contributed by atoms with Gasteiger partial charge in [-0.1, -0.05) is 30.3 Å². The maximum atomic E-state index is 13.4. The van der Waals surface area contributed by atoms with E-state index in [1.165, 1.54) is 24.9 Å². The number of methoxy groups -OCH3 is 2. The molecule has 2 aromatic heterocycles. The zero-order valence-corrected chi connectivity index (χ0v) is 29.9. The molecule has 4 aromatic rings. The van der Waals surface area contributed by atoms with Crippen molar-refractivity contribution in [1.82, 2.24) is 15.3 Å². The number of rotatable bonds is 17. The SMILES string of the molecule is COc1cc(/C=C2\CCc3c2cccc3-c2cccc(NC(=O)c3cc(OC)c(CN[C@@H](CO)C(=O)O)cn3)c2C)ncc1CCC[C@@H](CO)C(=O)O. The first-order valence-corrected chi connectivity index (χ1v) is 17.3. The minimum Gasteiger partial charge on any atom is -0.496 e. The lowest BCUT2D eigenvalue weighted by Gasteiger charge is -2.16. The van der Waals surface area contributed by atoms with Gasteiger partial charge in [0.25, 0.3) is 5.91 Å². The number of carboxylic acid groups (broad SMARTS) is 2. The van der Waals surface area contributed by atoms with Crippen molar-refractivity contribution in [2.45, 2.75) is 51.6 Å². The number of aliphatic hydroxyl groups is 2. The lowest BCUT2D eigenvalue weighted by molar-refractivity contribution is -0.143. The molecule has 2 atom stereocenters. The number of carboxylic acids is 2. The van der Waals surface area contributed by atoms with E-state index < -0.39 is 43.0 Å². The minimum absolute atomic E-state index is 0.0661. The number of aryl methyl sites for hydroxylation is 1. The van der Waals surface area contributed by atoms with Gasteiger partial charge in [-0.25, -0.2) is 0 Å². The lowest BCUT2D eigenvalue weighted by atomic mass is 9.92. The molecule has 5 rings (SSSR count). The number of pyridine rings is 2. The number of benzene rings is 2. The van der Waals surface area contributed by atoms with Crippen molar-refractivity contribution in [3.63, 3.8) is 0 Å². The molecule has 0 unspecified atom stereocenters. The molecule has 0 saturated carbocycles. The molecule has 0 aliphatic heterocycles. The van der Waals surface area contributed by atoms with Crippen molar-refractivity contribution in [3.05, 3.63) is 100 Å². The number of hydrogen-bond acceptors (Lipinski definition) is 10. The second kappa shape index (κ2) is 17.7. The van der Waals surface area contributed by atoms with Crippen molar-refractivity contribution in [1.29, 1.82) is 0 Å². The van der Waals surface area contributed by atoms with Crippen molar-refractivity contribution in [3.8, 4) is 22.6 Å². The molecule has 0 saturated heterocycles. The monoisotopic (exact) mass is 724 g/mol. The molecule has 0 bridgehead atoms. The van der Waals surface area contributed by atoms with E-state index in [0.29, 0.717) is 42.0 Å². The van der Waals surface area contributed by atoms with Gasteiger partial charge in [0.1, 0.15) is 23.2 Å². The Labute approximate surface area is 307 Å². The molecule has 53 heavy (non-hydrogen) atoms. The second-order valence-electron chi connectivity index (χ2n) is 12.8. The number of hydrogen-bond donors (Lipinski definition) is 6. The van der Waals surface area contributed by atoms with Crippen LogP contribution < -0.4 is 20.1 Å². The van der Waals surface area contributed by atoms with Crippen LogP contribution in [0.3, 0.4) is 0 Å². The molecule has 278 valence electrons. The van der Waals surface area contributed by atoms with Crippen LogP contribution in [0.4, 0.5) is 5.69 Å². The maximum Gasteiger partial charge on any atom is 0.323 e. The molecule has 1 amide bonds. The van der Waals surface area contributed by atoms with E-state index in [1.54, 1.807) is 13.3 Å². The summed E-state index contributed by atoms with van der Waals surface area (Å²) in [7, 11) is 3.04. The first-order valence-electron chi connectivity index (χ1n) is 17.3. The topological polar surface area (TPSA) is 200 Å². The van der Waals surface area contributed by atoms with Gasteiger partial charge in [0, 0.05) is 47.9 Å². The number of aromatic nitrogens is 2. The van der Waals surface area contributed by atoms with E-state index in [0.717, 1.165) is 51.9 Å². The van der Waals surface area contributed by atoms with Crippen molar-refractivity contribution >= 4 is 35.2 Å². The number of amides is 1. The van der Waals surface area contributed by atoms with E-state index >= 15 is 0 Å². The Morgan fingerprint density at radius 1 is 0.868 bits per heavy atom. The molecule has 0 fully saturated rings. The van der Waals surface area contributed by atoms with Crippen LogP contribution >= 0.6 is 0 Å². The van der Waals surface area contributed by atoms with Crippen LogP contribution in [0.5, 0.6) is 11.5 Å². The fraction of sp³-hybridized carbons (Fsp3) is 0.325. The van der Waals surface area contributed by atoms with Crippen molar-refractivity contribution in [2.75, 3.05) is 32.8 Å². The Morgan fingerprint density at radius 3 is 2.26 bits per heavy atom. The zero-order valence-electron chi connectivity index (χ0n) is 29.9. The highest BCUT2D eigenvalue weighted by Crippen LogP contribution is 2.41. The van der Waals surface area contributed by atoms with Gasteiger partial charge in [0.2, 0.25) is 0 Å². The zero-order chi connectivity index (χ0) is 38.1. The summed E-state index contributed by atoms with van der Waals surface area (Å²) in [4.78, 5) is 44.8. The van der Waals surface area contributed by atoms with E-state index in [9.17, 15) is 34.8 Å². The van der Waals surface area contributed by atoms with Crippen LogP contribution in [-0.2, 0) is 29.0 Å². The highest BCUT2D eigenvalue weighted by molar-refractivity contribution is 6.04. The third-order valence-corrected chi connectivity index (χ3v) is 9.53. The molecule has 2 aromatic carbocycles. The molecule has 0 spiro atoms. The molecule has 2 heterocycles. The standard InChI is InChI=1S/C40H44N4O9/c1-23-29(9-6-12-33(23)44-38(47)34-17-37(53-3)27(19-42-34)20-43-35(22-46)40(50)51)31-11-5-10-30-24(13-14-32(30)31)15-28-16-36(52-2)25(18-41-28)7-4-8-26(21-45)39(48)49/h5-6,9-12,15-19,26,35,43,45-46H,4,7-8,13-14,20-22H2,1-3H3,(H,44,47)(H,48,49)(H,50,51)/b24-15+/t26-,35-/m0/s1.